The van der Waals surface area contributed by atoms with E-state index in [9.17, 15) is 18.4 Å². The molecule has 0 aromatic heterocycles. The predicted octanol–water partition coefficient (Wildman–Crippen LogP) is 5.92. The molecule has 3 aliphatic rings. The van der Waals surface area contributed by atoms with Crippen LogP contribution in [0.4, 0.5) is 18.9 Å². The minimum atomic E-state index is -0.700. The van der Waals surface area contributed by atoms with Crippen molar-refractivity contribution in [3.05, 3.63) is 100 Å². The van der Waals surface area contributed by atoms with Crippen molar-refractivity contribution >= 4 is 17.6 Å². The number of halogens is 3. The Hall–Kier alpha value is -3.89. The van der Waals surface area contributed by atoms with Crippen LogP contribution in [0.25, 0.3) is 0 Å². The molecule has 1 amide bonds. The molecular weight excluding hydrogens is 631 g/mol. The second kappa shape index (κ2) is 14.5. The quantitative estimate of drug-likeness (QED) is 0.262. The first-order valence-electron chi connectivity index (χ1n) is 17.2. The standard InChI is InChI=1S/C39H46F3N3O4/c1-39(2,3)49-38(47)36(19-25-8-9-26-6-5-7-27(26)18-25)43-16-17-45(31(21-43)24-48-4)37(46)34-23-44(30-13-10-28(40)11-14-30)22-33(34)32-15-12-29(41)20-35(32)42/h8-15,18,20,31,33-34,36H,5-7,16-17,19,21-24H2,1-4H3/t31-,33+,34-,36+/m1/s1. The molecule has 6 rings (SSSR count). The minimum Gasteiger partial charge on any atom is -0.459 e. The van der Waals surface area contributed by atoms with Gasteiger partial charge in [-0.1, -0.05) is 24.3 Å². The van der Waals surface area contributed by atoms with Crippen molar-refractivity contribution in [1.29, 1.82) is 0 Å². The summed E-state index contributed by atoms with van der Waals surface area (Å²) >= 11 is 0. The number of ether oxygens (including phenoxy) is 2. The van der Waals surface area contributed by atoms with Crippen LogP contribution in [0.3, 0.4) is 0 Å². The number of anilines is 1. The highest BCUT2D eigenvalue weighted by molar-refractivity contribution is 5.82. The van der Waals surface area contributed by atoms with E-state index in [2.05, 4.69) is 23.1 Å². The first-order valence-corrected chi connectivity index (χ1v) is 17.2. The van der Waals surface area contributed by atoms with Gasteiger partial charge in [-0.15, -0.1) is 0 Å². The normalized spacial score (nSPS) is 21.9. The maximum atomic E-state index is 15.2. The van der Waals surface area contributed by atoms with Crippen LogP contribution in [0.15, 0.2) is 60.7 Å². The first kappa shape index (κ1) is 35.0. The fourth-order valence-electron chi connectivity index (χ4n) is 7.74. The Kier molecular flexibility index (Phi) is 10.4. The highest BCUT2D eigenvalue weighted by atomic mass is 19.1. The zero-order valence-corrected chi connectivity index (χ0v) is 28.8. The number of fused-ring (bicyclic) bond motifs is 1. The van der Waals surface area contributed by atoms with Crippen molar-refractivity contribution < 1.29 is 32.2 Å². The van der Waals surface area contributed by atoms with Crippen LogP contribution < -0.4 is 4.90 Å². The van der Waals surface area contributed by atoms with E-state index in [4.69, 9.17) is 9.47 Å². The molecule has 0 saturated carbocycles. The number of hydrogen-bond acceptors (Lipinski definition) is 6. The summed E-state index contributed by atoms with van der Waals surface area (Å²) in [7, 11) is 1.58. The highest BCUT2D eigenvalue weighted by Crippen LogP contribution is 2.39. The third-order valence-electron chi connectivity index (χ3n) is 10.1. The van der Waals surface area contributed by atoms with Crippen molar-refractivity contribution in [3.63, 3.8) is 0 Å². The van der Waals surface area contributed by atoms with Crippen LogP contribution in [-0.2, 0) is 38.3 Å². The van der Waals surface area contributed by atoms with E-state index in [0.717, 1.165) is 30.9 Å². The summed E-state index contributed by atoms with van der Waals surface area (Å²) in [6.45, 7) is 7.57. The largest absolute Gasteiger partial charge is 0.459 e. The van der Waals surface area contributed by atoms with Gasteiger partial charge >= 0.3 is 5.97 Å². The smallest absolute Gasteiger partial charge is 0.324 e. The molecule has 49 heavy (non-hydrogen) atoms. The molecule has 3 aromatic rings. The number of piperazine rings is 1. The number of esters is 1. The van der Waals surface area contributed by atoms with Gasteiger partial charge in [0, 0.05) is 57.5 Å². The zero-order valence-electron chi connectivity index (χ0n) is 28.8. The van der Waals surface area contributed by atoms with Gasteiger partial charge in [-0.2, -0.15) is 0 Å². The van der Waals surface area contributed by atoms with E-state index in [1.54, 1.807) is 24.1 Å². The molecule has 2 aliphatic heterocycles. The summed E-state index contributed by atoms with van der Waals surface area (Å²) in [5.41, 5.74) is 4.11. The summed E-state index contributed by atoms with van der Waals surface area (Å²) in [5, 5.41) is 0. The molecule has 0 N–H and O–H groups in total. The van der Waals surface area contributed by atoms with Gasteiger partial charge in [0.25, 0.3) is 0 Å². The van der Waals surface area contributed by atoms with Crippen molar-refractivity contribution in [2.24, 2.45) is 5.92 Å². The van der Waals surface area contributed by atoms with Gasteiger partial charge in [-0.25, -0.2) is 13.2 Å². The Morgan fingerprint density at radius 2 is 1.61 bits per heavy atom. The minimum absolute atomic E-state index is 0.160. The number of rotatable bonds is 9. The predicted molar refractivity (Wildman–Crippen MR) is 182 cm³/mol. The summed E-state index contributed by atoms with van der Waals surface area (Å²) in [6, 6.07) is 15.0. The Balaban J connectivity index is 1.26. The van der Waals surface area contributed by atoms with Crippen LogP contribution in [0, 0.1) is 23.4 Å². The lowest BCUT2D eigenvalue weighted by Crippen LogP contribution is -2.62. The molecule has 1 aliphatic carbocycles. The van der Waals surface area contributed by atoms with E-state index in [1.807, 2.05) is 25.7 Å². The average Bonchev–Trinajstić information content (AvgIpc) is 3.70. The number of amides is 1. The maximum Gasteiger partial charge on any atom is 0.324 e. The lowest BCUT2D eigenvalue weighted by Gasteiger charge is -2.45. The zero-order chi connectivity index (χ0) is 34.9. The van der Waals surface area contributed by atoms with Gasteiger partial charge in [0.15, 0.2) is 0 Å². The summed E-state index contributed by atoms with van der Waals surface area (Å²) in [5.74, 6) is -3.44. The van der Waals surface area contributed by atoms with Gasteiger partial charge in [0.05, 0.1) is 18.6 Å². The van der Waals surface area contributed by atoms with Crippen molar-refractivity contribution in [2.75, 3.05) is 51.3 Å². The molecule has 0 radical (unpaired) electrons. The topological polar surface area (TPSA) is 62.3 Å². The number of nitrogens with zero attached hydrogens (tertiary/aromatic N) is 3. The van der Waals surface area contributed by atoms with Crippen LogP contribution in [-0.4, -0.2) is 85.8 Å². The second-order valence-corrected chi connectivity index (χ2v) is 14.6. The lowest BCUT2D eigenvalue weighted by molar-refractivity contribution is -0.163. The molecule has 0 bridgehead atoms. The van der Waals surface area contributed by atoms with Gasteiger partial charge < -0.3 is 19.3 Å². The number of methoxy groups -OCH3 is 1. The number of hydrogen-bond donors (Lipinski definition) is 0. The van der Waals surface area contributed by atoms with Gasteiger partial charge in [-0.3, -0.25) is 14.5 Å². The molecule has 7 nitrogen and oxygen atoms in total. The monoisotopic (exact) mass is 677 g/mol. The molecule has 3 aromatic carbocycles. The number of benzene rings is 3. The Morgan fingerprint density at radius 1 is 0.878 bits per heavy atom. The average molecular weight is 678 g/mol. The van der Waals surface area contributed by atoms with Gasteiger partial charge in [-0.05, 0) is 99.0 Å². The summed E-state index contributed by atoms with van der Waals surface area (Å²) in [6.07, 6.45) is 3.74. The van der Waals surface area contributed by atoms with E-state index in [1.165, 1.54) is 35.4 Å². The summed E-state index contributed by atoms with van der Waals surface area (Å²) < 4.78 is 54.5. The van der Waals surface area contributed by atoms with Crippen LogP contribution in [0.1, 0.15) is 55.4 Å². The number of aryl methyl sites for hydroxylation is 2. The molecule has 0 unspecified atom stereocenters. The summed E-state index contributed by atoms with van der Waals surface area (Å²) in [4.78, 5) is 34.2. The SMILES string of the molecule is COC[C@H]1CN([C@@H](Cc2ccc3c(c2)CCC3)C(=O)OC(C)(C)C)CCN1C(=O)[C@@H]1CN(c2ccc(F)cc2)C[C@H]1c1ccc(F)cc1F. The molecule has 2 fully saturated rings. The first-order chi connectivity index (χ1) is 23.4. The highest BCUT2D eigenvalue weighted by Gasteiger charge is 2.45. The fourth-order valence-corrected chi connectivity index (χ4v) is 7.74. The molecule has 0 spiro atoms. The van der Waals surface area contributed by atoms with Gasteiger partial charge in [0.1, 0.15) is 29.1 Å². The number of carbonyl (C=O) groups excluding carboxylic acids is 2. The van der Waals surface area contributed by atoms with E-state index >= 15 is 4.39 Å². The molecule has 2 heterocycles. The molecule has 262 valence electrons. The van der Waals surface area contributed by atoms with Crippen LogP contribution in [0.5, 0.6) is 0 Å². The molecule has 4 atom stereocenters. The van der Waals surface area contributed by atoms with Crippen LogP contribution >= 0.6 is 0 Å². The van der Waals surface area contributed by atoms with Crippen molar-refractivity contribution in [3.8, 4) is 0 Å². The molecule has 2 saturated heterocycles. The van der Waals surface area contributed by atoms with E-state index < -0.39 is 35.1 Å². The molecule has 10 heteroatoms. The van der Waals surface area contributed by atoms with E-state index in [0.29, 0.717) is 38.3 Å². The third kappa shape index (κ3) is 7.96. The third-order valence-corrected chi connectivity index (χ3v) is 10.1. The van der Waals surface area contributed by atoms with Gasteiger partial charge in [0.2, 0.25) is 5.91 Å². The second-order valence-electron chi connectivity index (χ2n) is 14.6. The lowest BCUT2D eigenvalue weighted by atomic mass is 9.87. The Bertz CT molecular complexity index is 1660. The Morgan fingerprint density at radius 3 is 2.33 bits per heavy atom. The fraction of sp³-hybridized carbons (Fsp3) is 0.487. The van der Waals surface area contributed by atoms with Crippen molar-refractivity contribution in [2.45, 2.75) is 70.1 Å². The van der Waals surface area contributed by atoms with E-state index in [-0.39, 0.29) is 42.5 Å². The number of carbonyl (C=O) groups is 2. The van der Waals surface area contributed by atoms with Crippen LogP contribution in [0.2, 0.25) is 0 Å². The van der Waals surface area contributed by atoms with Crippen molar-refractivity contribution in [1.82, 2.24) is 9.80 Å². The molecular formula is C39H46F3N3O4. The maximum absolute atomic E-state index is 15.2. The Labute approximate surface area is 287 Å².